The van der Waals surface area contributed by atoms with E-state index >= 15 is 0 Å². The van der Waals surface area contributed by atoms with Gasteiger partial charge in [0.15, 0.2) is 0 Å². The Hall–Kier alpha value is -0.690. The van der Waals surface area contributed by atoms with Crippen molar-refractivity contribution >= 4 is 38.8 Å². The van der Waals surface area contributed by atoms with Crippen molar-refractivity contribution in [1.29, 1.82) is 0 Å². The van der Waals surface area contributed by atoms with Crippen LogP contribution in [0.2, 0.25) is 0 Å². The summed E-state index contributed by atoms with van der Waals surface area (Å²) in [4.78, 5) is 2.35. The smallest absolute Gasteiger partial charge is 0.106 e. The van der Waals surface area contributed by atoms with Gasteiger partial charge >= 0.3 is 0 Å². The Balaban J connectivity index is 3.07. The number of benzene rings is 1. The molecule has 1 aromatic rings. The average molecular weight is 333 g/mol. The van der Waals surface area contributed by atoms with Crippen LogP contribution >= 0.6 is 28.1 Å². The lowest BCUT2D eigenvalue weighted by Gasteiger charge is -2.26. The zero-order chi connectivity index (χ0) is 13.5. The minimum Gasteiger partial charge on any atom is -0.395 e. The minimum atomic E-state index is 0.0625. The first kappa shape index (κ1) is 15.4. The molecule has 0 aromatic heterocycles. The number of aliphatic hydroxyl groups excluding tert-OH is 1. The van der Waals surface area contributed by atoms with E-state index in [0.29, 0.717) is 24.7 Å². The lowest BCUT2D eigenvalue weighted by molar-refractivity contribution is 0.203. The first-order chi connectivity index (χ1) is 8.60. The zero-order valence-corrected chi connectivity index (χ0v) is 12.6. The molecule has 0 aliphatic carbocycles. The molecule has 3 N–H and O–H groups in total. The number of anilines is 1. The fourth-order valence-corrected chi connectivity index (χ4v) is 2.17. The van der Waals surface area contributed by atoms with Crippen molar-refractivity contribution in [3.63, 3.8) is 0 Å². The summed E-state index contributed by atoms with van der Waals surface area (Å²) >= 11 is 8.48. The molecular weight excluding hydrogens is 316 g/mol. The fraction of sp³-hybridized carbons (Fsp3) is 0.417. The molecule has 0 bridgehead atoms. The van der Waals surface area contributed by atoms with Crippen molar-refractivity contribution in [3.05, 3.63) is 28.2 Å². The predicted molar refractivity (Wildman–Crippen MR) is 81.2 cm³/mol. The highest BCUT2D eigenvalue weighted by Crippen LogP contribution is 2.25. The summed E-state index contributed by atoms with van der Waals surface area (Å²) in [6.07, 6.45) is 0. The van der Waals surface area contributed by atoms with Crippen LogP contribution in [0.15, 0.2) is 22.7 Å². The molecule has 0 heterocycles. The topological polar surface area (TPSA) is 58.7 Å². The Labute approximate surface area is 121 Å². The summed E-state index contributed by atoms with van der Waals surface area (Å²) in [6, 6.07) is 5.71. The van der Waals surface area contributed by atoms with Gasteiger partial charge < -0.3 is 20.5 Å². The number of nitrogens with two attached hydrogens (primary N) is 1. The number of hydrogen-bond donors (Lipinski definition) is 2. The number of aliphatic hydroxyl groups is 1. The summed E-state index contributed by atoms with van der Waals surface area (Å²) in [7, 11) is 1.65. The molecule has 0 radical (unpaired) electrons. The van der Waals surface area contributed by atoms with E-state index in [1.165, 1.54) is 0 Å². The van der Waals surface area contributed by atoms with Crippen LogP contribution in [-0.2, 0) is 4.74 Å². The molecule has 0 fully saturated rings. The van der Waals surface area contributed by atoms with Gasteiger partial charge in [-0.1, -0.05) is 28.1 Å². The Morgan fingerprint density at radius 2 is 2.22 bits per heavy atom. The van der Waals surface area contributed by atoms with Gasteiger partial charge in [-0.05, 0) is 18.2 Å². The highest BCUT2D eigenvalue weighted by atomic mass is 79.9. The second kappa shape index (κ2) is 7.68. The third-order valence-corrected chi connectivity index (χ3v) is 3.21. The molecular formula is C12H17BrN2O2S. The van der Waals surface area contributed by atoms with Crippen LogP contribution in [0.4, 0.5) is 5.69 Å². The molecule has 0 aliphatic heterocycles. The van der Waals surface area contributed by atoms with Crippen LogP contribution in [-0.4, -0.2) is 43.5 Å². The quantitative estimate of drug-likeness (QED) is 0.741. The third-order valence-electron chi connectivity index (χ3n) is 2.50. The molecule has 0 amide bonds. The van der Waals surface area contributed by atoms with Gasteiger partial charge in [-0.2, -0.15) is 0 Å². The van der Waals surface area contributed by atoms with E-state index in [2.05, 4.69) is 15.9 Å². The van der Waals surface area contributed by atoms with Gasteiger partial charge in [-0.3, -0.25) is 0 Å². The second-order valence-corrected chi connectivity index (χ2v) is 5.08. The van der Waals surface area contributed by atoms with Crippen molar-refractivity contribution < 1.29 is 9.84 Å². The SMILES string of the molecule is COCCN(CCO)c1cc(Br)ccc1C(N)=S. The number of thiocarbonyl (C=S) groups is 1. The Kier molecular flexibility index (Phi) is 6.56. The van der Waals surface area contributed by atoms with Gasteiger partial charge in [-0.15, -0.1) is 0 Å². The summed E-state index contributed by atoms with van der Waals surface area (Å²) in [5.74, 6) is 0. The van der Waals surface area contributed by atoms with Crippen LogP contribution in [0, 0.1) is 0 Å². The second-order valence-electron chi connectivity index (χ2n) is 3.73. The average Bonchev–Trinajstić information content (AvgIpc) is 2.34. The first-order valence-corrected chi connectivity index (χ1v) is 6.74. The monoisotopic (exact) mass is 332 g/mol. The number of hydrogen-bond acceptors (Lipinski definition) is 4. The first-order valence-electron chi connectivity index (χ1n) is 5.54. The number of nitrogens with zero attached hydrogens (tertiary/aromatic N) is 1. The van der Waals surface area contributed by atoms with Crippen molar-refractivity contribution in [2.45, 2.75) is 0 Å². The Bertz CT molecular complexity index is 415. The van der Waals surface area contributed by atoms with Crippen molar-refractivity contribution in [1.82, 2.24) is 0 Å². The van der Waals surface area contributed by atoms with E-state index in [4.69, 9.17) is 27.8 Å². The maximum atomic E-state index is 9.14. The summed E-state index contributed by atoms with van der Waals surface area (Å²) < 4.78 is 6.01. The van der Waals surface area contributed by atoms with E-state index in [1.807, 2.05) is 23.1 Å². The van der Waals surface area contributed by atoms with Gasteiger partial charge in [0, 0.05) is 35.9 Å². The van der Waals surface area contributed by atoms with Gasteiger partial charge in [0.25, 0.3) is 0 Å². The third kappa shape index (κ3) is 4.20. The molecule has 1 aromatic carbocycles. The summed E-state index contributed by atoms with van der Waals surface area (Å²) in [5.41, 5.74) is 7.43. The lowest BCUT2D eigenvalue weighted by atomic mass is 10.1. The van der Waals surface area contributed by atoms with E-state index in [0.717, 1.165) is 15.7 Å². The van der Waals surface area contributed by atoms with Crippen molar-refractivity contribution in [2.75, 3.05) is 38.3 Å². The Morgan fingerprint density at radius 1 is 1.50 bits per heavy atom. The van der Waals surface area contributed by atoms with Gasteiger partial charge in [0.1, 0.15) is 4.99 Å². The largest absolute Gasteiger partial charge is 0.395 e. The molecule has 0 aliphatic rings. The van der Waals surface area contributed by atoms with Crippen LogP contribution in [0.5, 0.6) is 0 Å². The minimum absolute atomic E-state index is 0.0625. The van der Waals surface area contributed by atoms with Crippen LogP contribution in [0.1, 0.15) is 5.56 Å². The Morgan fingerprint density at radius 3 is 2.78 bits per heavy atom. The van der Waals surface area contributed by atoms with E-state index < -0.39 is 0 Å². The summed E-state index contributed by atoms with van der Waals surface area (Å²) in [5, 5.41) is 9.14. The molecule has 0 saturated heterocycles. The van der Waals surface area contributed by atoms with E-state index in [1.54, 1.807) is 7.11 Å². The molecule has 4 nitrogen and oxygen atoms in total. The molecule has 0 atom stereocenters. The van der Waals surface area contributed by atoms with Crippen LogP contribution in [0.3, 0.4) is 0 Å². The van der Waals surface area contributed by atoms with E-state index in [-0.39, 0.29) is 6.61 Å². The normalized spacial score (nSPS) is 10.4. The lowest BCUT2D eigenvalue weighted by Crippen LogP contribution is -2.32. The van der Waals surface area contributed by atoms with Crippen molar-refractivity contribution in [3.8, 4) is 0 Å². The van der Waals surface area contributed by atoms with Crippen molar-refractivity contribution in [2.24, 2.45) is 5.73 Å². The van der Waals surface area contributed by atoms with Gasteiger partial charge in [0.2, 0.25) is 0 Å². The maximum absolute atomic E-state index is 9.14. The zero-order valence-electron chi connectivity index (χ0n) is 10.2. The highest BCUT2D eigenvalue weighted by molar-refractivity contribution is 9.10. The maximum Gasteiger partial charge on any atom is 0.106 e. The molecule has 18 heavy (non-hydrogen) atoms. The molecule has 0 spiro atoms. The van der Waals surface area contributed by atoms with E-state index in [9.17, 15) is 0 Å². The molecule has 0 saturated carbocycles. The van der Waals surface area contributed by atoms with Crippen LogP contribution < -0.4 is 10.6 Å². The number of rotatable bonds is 7. The molecule has 100 valence electrons. The van der Waals surface area contributed by atoms with Gasteiger partial charge in [0.05, 0.1) is 13.2 Å². The summed E-state index contributed by atoms with van der Waals surface area (Å²) in [6.45, 7) is 1.81. The predicted octanol–water partition coefficient (Wildman–Crippen LogP) is 1.53. The number of halogens is 1. The van der Waals surface area contributed by atoms with Gasteiger partial charge in [-0.25, -0.2) is 0 Å². The standard InChI is InChI=1S/C12H17BrN2O2S/c1-17-7-5-15(4-6-16)11-8-9(13)2-3-10(11)12(14)18/h2-3,8,16H,4-7H2,1H3,(H2,14,18). The number of methoxy groups -OCH3 is 1. The molecule has 0 unspecified atom stereocenters. The molecule has 1 rings (SSSR count). The van der Waals surface area contributed by atoms with Crippen LogP contribution in [0.25, 0.3) is 0 Å². The highest BCUT2D eigenvalue weighted by Gasteiger charge is 2.13. The fourth-order valence-electron chi connectivity index (χ4n) is 1.65. The number of ether oxygens (including phenoxy) is 1. The molecule has 6 heteroatoms.